The van der Waals surface area contributed by atoms with Crippen molar-refractivity contribution in [2.24, 2.45) is 0 Å². The summed E-state index contributed by atoms with van der Waals surface area (Å²) in [6, 6.07) is 0. The molecule has 0 bridgehead atoms. The molecule has 8 heteroatoms. The van der Waals surface area contributed by atoms with Gasteiger partial charge in [-0.25, -0.2) is 13.2 Å². The maximum Gasteiger partial charge on any atom is 0.329 e. The molecule has 1 amide bonds. The molecule has 1 aliphatic carbocycles. The van der Waals surface area contributed by atoms with Crippen LogP contribution in [0.4, 0.5) is 0 Å². The normalized spacial score (nSPS) is 22.9. The van der Waals surface area contributed by atoms with Crippen LogP contribution in [0.3, 0.4) is 0 Å². The number of amides is 1. The summed E-state index contributed by atoms with van der Waals surface area (Å²) in [5, 5.41) is 11.4. The summed E-state index contributed by atoms with van der Waals surface area (Å²) >= 11 is 1.64. The van der Waals surface area contributed by atoms with Gasteiger partial charge in [0, 0.05) is 0 Å². The standard InChI is InChI=1S/C13H21NO5S2/c15-11(9-21(18,19)10-3-1-2-4-10)14-13(12(16)17)5-7-20-8-6-13/h10H,1-9H2,(H,14,15)(H,16,17). The van der Waals surface area contributed by atoms with Gasteiger partial charge in [-0.15, -0.1) is 0 Å². The lowest BCUT2D eigenvalue weighted by Crippen LogP contribution is -2.57. The number of carboxylic acids is 1. The van der Waals surface area contributed by atoms with Gasteiger partial charge in [-0.1, -0.05) is 12.8 Å². The molecular weight excluding hydrogens is 314 g/mol. The minimum Gasteiger partial charge on any atom is -0.480 e. The van der Waals surface area contributed by atoms with Crippen molar-refractivity contribution >= 4 is 33.5 Å². The highest BCUT2D eigenvalue weighted by molar-refractivity contribution is 7.99. The Morgan fingerprint density at radius 2 is 1.76 bits per heavy atom. The molecule has 0 spiro atoms. The van der Waals surface area contributed by atoms with E-state index in [1.54, 1.807) is 11.8 Å². The fraction of sp³-hybridized carbons (Fsp3) is 0.846. The quantitative estimate of drug-likeness (QED) is 0.771. The predicted octanol–water partition coefficient (Wildman–Crippen LogP) is 0.810. The number of rotatable bonds is 5. The van der Waals surface area contributed by atoms with E-state index in [0.29, 0.717) is 37.2 Å². The number of carbonyl (C=O) groups is 2. The lowest BCUT2D eigenvalue weighted by molar-refractivity contribution is -0.147. The third kappa shape index (κ3) is 3.91. The number of nitrogens with one attached hydrogen (secondary N) is 1. The van der Waals surface area contributed by atoms with Crippen molar-refractivity contribution in [3.8, 4) is 0 Å². The largest absolute Gasteiger partial charge is 0.480 e. The summed E-state index contributed by atoms with van der Waals surface area (Å²) < 4.78 is 24.3. The van der Waals surface area contributed by atoms with Crippen LogP contribution in [0, 0.1) is 0 Å². The Morgan fingerprint density at radius 3 is 2.29 bits per heavy atom. The minimum absolute atomic E-state index is 0.336. The van der Waals surface area contributed by atoms with E-state index in [9.17, 15) is 23.1 Å². The molecule has 2 rings (SSSR count). The van der Waals surface area contributed by atoms with Gasteiger partial charge in [0.1, 0.15) is 11.3 Å². The molecule has 0 atom stereocenters. The van der Waals surface area contributed by atoms with E-state index in [1.165, 1.54) is 0 Å². The predicted molar refractivity (Wildman–Crippen MR) is 81.1 cm³/mol. The second-order valence-corrected chi connectivity index (χ2v) is 9.27. The molecule has 2 N–H and O–H groups in total. The zero-order chi connectivity index (χ0) is 15.5. The first-order chi connectivity index (χ1) is 9.86. The third-order valence-corrected chi connectivity index (χ3v) is 7.41. The van der Waals surface area contributed by atoms with Crippen molar-refractivity contribution in [1.82, 2.24) is 5.32 Å². The Bertz CT molecular complexity index is 505. The van der Waals surface area contributed by atoms with Gasteiger partial charge >= 0.3 is 5.97 Å². The molecule has 0 radical (unpaired) electrons. The van der Waals surface area contributed by atoms with E-state index in [-0.39, 0.29) is 0 Å². The number of hydrogen-bond acceptors (Lipinski definition) is 5. The molecule has 2 aliphatic rings. The molecule has 1 aliphatic heterocycles. The summed E-state index contributed by atoms with van der Waals surface area (Å²) in [5.41, 5.74) is -1.30. The molecule has 0 unspecified atom stereocenters. The van der Waals surface area contributed by atoms with Crippen LogP contribution in [0.2, 0.25) is 0 Å². The fourth-order valence-corrected chi connectivity index (χ4v) is 5.88. The molecule has 1 saturated carbocycles. The molecule has 6 nitrogen and oxygen atoms in total. The van der Waals surface area contributed by atoms with E-state index in [1.807, 2.05) is 0 Å². The number of sulfone groups is 1. The highest BCUT2D eigenvalue weighted by Gasteiger charge is 2.42. The zero-order valence-electron chi connectivity index (χ0n) is 11.8. The average Bonchev–Trinajstić information content (AvgIpc) is 2.93. The van der Waals surface area contributed by atoms with Gasteiger partial charge in [0.05, 0.1) is 5.25 Å². The monoisotopic (exact) mass is 335 g/mol. The number of hydrogen-bond donors (Lipinski definition) is 2. The first-order valence-electron chi connectivity index (χ1n) is 7.19. The molecular formula is C13H21NO5S2. The van der Waals surface area contributed by atoms with Crippen molar-refractivity contribution in [2.75, 3.05) is 17.3 Å². The molecule has 0 aromatic heterocycles. The summed E-state index contributed by atoms with van der Waals surface area (Å²) in [6.45, 7) is 0. The van der Waals surface area contributed by atoms with Crippen LogP contribution < -0.4 is 5.32 Å². The zero-order valence-corrected chi connectivity index (χ0v) is 13.5. The first-order valence-corrected chi connectivity index (χ1v) is 10.1. The van der Waals surface area contributed by atoms with Gasteiger partial charge in [0.2, 0.25) is 5.91 Å². The van der Waals surface area contributed by atoms with Gasteiger partial charge < -0.3 is 10.4 Å². The van der Waals surface area contributed by atoms with Gasteiger partial charge in [0.25, 0.3) is 0 Å². The van der Waals surface area contributed by atoms with Crippen molar-refractivity contribution in [2.45, 2.75) is 49.3 Å². The van der Waals surface area contributed by atoms with Crippen LogP contribution in [-0.4, -0.2) is 53.4 Å². The maximum absolute atomic E-state index is 12.1. The van der Waals surface area contributed by atoms with Crippen molar-refractivity contribution in [3.63, 3.8) is 0 Å². The van der Waals surface area contributed by atoms with Crippen LogP contribution >= 0.6 is 11.8 Å². The SMILES string of the molecule is O=C(CS(=O)(=O)C1CCCC1)NC1(C(=O)O)CCSCC1. The van der Waals surface area contributed by atoms with Gasteiger partial charge in [-0.2, -0.15) is 11.8 Å². The Kier molecular flexibility index (Phi) is 5.19. The van der Waals surface area contributed by atoms with Gasteiger partial charge in [-0.05, 0) is 37.2 Å². The van der Waals surface area contributed by atoms with Crippen LogP contribution in [-0.2, 0) is 19.4 Å². The van der Waals surface area contributed by atoms with Crippen LogP contribution in [0.25, 0.3) is 0 Å². The topological polar surface area (TPSA) is 101 Å². The van der Waals surface area contributed by atoms with E-state index >= 15 is 0 Å². The number of aliphatic carboxylic acids is 1. The third-order valence-electron chi connectivity index (χ3n) is 4.28. The molecule has 21 heavy (non-hydrogen) atoms. The van der Waals surface area contributed by atoms with Crippen molar-refractivity contribution in [3.05, 3.63) is 0 Å². The highest BCUT2D eigenvalue weighted by Crippen LogP contribution is 2.28. The van der Waals surface area contributed by atoms with Gasteiger partial charge in [-0.3, -0.25) is 4.79 Å². The minimum atomic E-state index is -3.47. The Morgan fingerprint density at radius 1 is 1.19 bits per heavy atom. The molecule has 1 saturated heterocycles. The Balaban J connectivity index is 2.01. The smallest absolute Gasteiger partial charge is 0.329 e. The average molecular weight is 335 g/mol. The second kappa shape index (κ2) is 6.56. The Hall–Kier alpha value is -0.760. The van der Waals surface area contributed by atoms with Crippen LogP contribution in [0.1, 0.15) is 38.5 Å². The number of carboxylic acid groups (broad SMARTS) is 1. The van der Waals surface area contributed by atoms with E-state index in [2.05, 4.69) is 5.32 Å². The molecule has 0 aromatic carbocycles. The fourth-order valence-electron chi connectivity index (χ4n) is 2.96. The molecule has 1 heterocycles. The lowest BCUT2D eigenvalue weighted by atomic mass is 9.92. The number of thioether (sulfide) groups is 1. The van der Waals surface area contributed by atoms with Crippen molar-refractivity contribution < 1.29 is 23.1 Å². The molecule has 0 aromatic rings. The molecule has 120 valence electrons. The summed E-state index contributed by atoms with van der Waals surface area (Å²) in [5.74, 6) is -1.05. The maximum atomic E-state index is 12.1. The van der Waals surface area contributed by atoms with Gasteiger partial charge in [0.15, 0.2) is 9.84 Å². The second-order valence-electron chi connectivity index (χ2n) is 5.76. The van der Waals surface area contributed by atoms with Crippen LogP contribution in [0.5, 0.6) is 0 Å². The first kappa shape index (κ1) is 16.6. The lowest BCUT2D eigenvalue weighted by Gasteiger charge is -2.33. The van der Waals surface area contributed by atoms with E-state index < -0.39 is 38.3 Å². The molecule has 2 fully saturated rings. The van der Waals surface area contributed by atoms with Crippen molar-refractivity contribution in [1.29, 1.82) is 0 Å². The highest BCUT2D eigenvalue weighted by atomic mass is 32.2. The van der Waals surface area contributed by atoms with Crippen LogP contribution in [0.15, 0.2) is 0 Å². The summed E-state index contributed by atoms with van der Waals surface area (Å²) in [7, 11) is -3.47. The van der Waals surface area contributed by atoms with E-state index in [0.717, 1.165) is 12.8 Å². The Labute approximate surface area is 129 Å². The van der Waals surface area contributed by atoms with E-state index in [4.69, 9.17) is 0 Å². The summed E-state index contributed by atoms with van der Waals surface area (Å²) in [6.07, 6.45) is 3.64. The summed E-state index contributed by atoms with van der Waals surface area (Å²) in [4.78, 5) is 23.5. The number of carbonyl (C=O) groups excluding carboxylic acids is 1.